The quantitative estimate of drug-likeness (QED) is 0.833. The average molecular weight is 370 g/mol. The molecule has 9 heteroatoms. The molecule has 0 aromatic carbocycles. The topological polar surface area (TPSA) is 95.8 Å². The lowest BCUT2D eigenvalue weighted by atomic mass is 9.95. The molecule has 1 aromatic heterocycles. The van der Waals surface area contributed by atoms with Crippen LogP contribution in [0, 0.1) is 19.8 Å². The number of aromatic nitrogens is 1. The molecule has 1 amide bonds. The number of amides is 1. The van der Waals surface area contributed by atoms with E-state index in [1.807, 2.05) is 11.8 Å². The highest BCUT2D eigenvalue weighted by atomic mass is 32.2. The SMILES string of the molecule is Cc1noc(C)c1S(=O)(=O)N1CCC(C(=O)N2CCNCC2C)CC1. The van der Waals surface area contributed by atoms with Crippen molar-refractivity contribution < 1.29 is 17.7 Å². The molecule has 1 atom stereocenters. The number of sulfonamides is 1. The number of carbonyl (C=O) groups is 1. The van der Waals surface area contributed by atoms with Gasteiger partial charge in [0, 0.05) is 44.7 Å². The summed E-state index contributed by atoms with van der Waals surface area (Å²) in [5.41, 5.74) is 0.380. The lowest BCUT2D eigenvalue weighted by Gasteiger charge is -2.38. The van der Waals surface area contributed by atoms with Gasteiger partial charge in [-0.05, 0) is 33.6 Å². The van der Waals surface area contributed by atoms with Gasteiger partial charge < -0.3 is 14.7 Å². The van der Waals surface area contributed by atoms with E-state index in [4.69, 9.17) is 4.52 Å². The number of nitrogens with one attached hydrogen (secondary N) is 1. The lowest BCUT2D eigenvalue weighted by molar-refractivity contribution is -0.139. The molecule has 0 aliphatic carbocycles. The highest BCUT2D eigenvalue weighted by Crippen LogP contribution is 2.28. The maximum absolute atomic E-state index is 12.8. The van der Waals surface area contributed by atoms with Crippen LogP contribution in [0.2, 0.25) is 0 Å². The molecule has 3 rings (SSSR count). The summed E-state index contributed by atoms with van der Waals surface area (Å²) < 4.78 is 32.1. The van der Waals surface area contributed by atoms with Crippen LogP contribution in [0.25, 0.3) is 0 Å². The van der Waals surface area contributed by atoms with Crippen molar-refractivity contribution in [1.29, 1.82) is 0 Å². The van der Waals surface area contributed by atoms with E-state index in [0.29, 0.717) is 37.4 Å². The van der Waals surface area contributed by atoms with Gasteiger partial charge in [-0.3, -0.25) is 4.79 Å². The van der Waals surface area contributed by atoms with Crippen molar-refractivity contribution in [3.63, 3.8) is 0 Å². The zero-order valence-corrected chi connectivity index (χ0v) is 15.8. The zero-order chi connectivity index (χ0) is 18.2. The number of piperazine rings is 1. The van der Waals surface area contributed by atoms with Crippen LogP contribution >= 0.6 is 0 Å². The number of rotatable bonds is 3. The minimum absolute atomic E-state index is 0.100. The van der Waals surface area contributed by atoms with Crippen LogP contribution in [-0.2, 0) is 14.8 Å². The first kappa shape index (κ1) is 18.3. The Balaban J connectivity index is 1.66. The monoisotopic (exact) mass is 370 g/mol. The first-order chi connectivity index (χ1) is 11.8. The van der Waals surface area contributed by atoms with Gasteiger partial charge >= 0.3 is 0 Å². The summed E-state index contributed by atoms with van der Waals surface area (Å²) in [5, 5.41) is 7.02. The second-order valence-corrected chi connectivity index (χ2v) is 8.79. The van der Waals surface area contributed by atoms with Gasteiger partial charge in [-0.1, -0.05) is 5.16 Å². The van der Waals surface area contributed by atoms with E-state index >= 15 is 0 Å². The van der Waals surface area contributed by atoms with Gasteiger partial charge in [-0.2, -0.15) is 4.31 Å². The molecule has 0 radical (unpaired) electrons. The Hall–Kier alpha value is -1.45. The predicted octanol–water partition coefficient (Wildman–Crippen LogP) is 0.512. The first-order valence-corrected chi connectivity index (χ1v) is 10.2. The fraction of sp³-hybridized carbons (Fsp3) is 0.750. The van der Waals surface area contributed by atoms with Crippen molar-refractivity contribution in [3.05, 3.63) is 11.5 Å². The molecule has 8 nitrogen and oxygen atoms in total. The minimum atomic E-state index is -3.62. The Morgan fingerprint density at radius 3 is 2.48 bits per heavy atom. The van der Waals surface area contributed by atoms with E-state index in [0.717, 1.165) is 19.6 Å². The molecular formula is C16H26N4O4S. The highest BCUT2D eigenvalue weighted by Gasteiger charge is 2.37. The van der Waals surface area contributed by atoms with Crippen LogP contribution in [0.1, 0.15) is 31.2 Å². The second-order valence-electron chi connectivity index (χ2n) is 6.92. The molecule has 1 N–H and O–H groups in total. The Labute approximate surface area is 148 Å². The van der Waals surface area contributed by atoms with Crippen molar-refractivity contribution in [2.45, 2.75) is 44.6 Å². The van der Waals surface area contributed by atoms with Crippen LogP contribution in [0.5, 0.6) is 0 Å². The Morgan fingerprint density at radius 1 is 1.24 bits per heavy atom. The molecule has 140 valence electrons. The summed E-state index contributed by atoms with van der Waals surface area (Å²) in [4.78, 5) is 14.9. The molecule has 2 aliphatic heterocycles. The summed E-state index contributed by atoms with van der Waals surface area (Å²) in [6.07, 6.45) is 1.11. The van der Waals surface area contributed by atoms with E-state index in [9.17, 15) is 13.2 Å². The van der Waals surface area contributed by atoms with Crippen LogP contribution in [0.4, 0.5) is 0 Å². The fourth-order valence-corrected chi connectivity index (χ4v) is 5.48. The van der Waals surface area contributed by atoms with Crippen molar-refractivity contribution in [1.82, 2.24) is 19.7 Å². The fourth-order valence-electron chi connectivity index (χ4n) is 3.72. The normalized spacial score (nSPS) is 23.8. The van der Waals surface area contributed by atoms with Gasteiger partial charge in [0.05, 0.1) is 0 Å². The van der Waals surface area contributed by atoms with E-state index in [2.05, 4.69) is 10.5 Å². The van der Waals surface area contributed by atoms with Gasteiger partial charge in [-0.25, -0.2) is 8.42 Å². The van der Waals surface area contributed by atoms with E-state index in [1.54, 1.807) is 13.8 Å². The van der Waals surface area contributed by atoms with Crippen molar-refractivity contribution in [2.75, 3.05) is 32.7 Å². The van der Waals surface area contributed by atoms with Gasteiger partial charge in [0.15, 0.2) is 5.76 Å². The largest absolute Gasteiger partial charge is 0.360 e. The Kier molecular flexibility index (Phi) is 5.17. The zero-order valence-electron chi connectivity index (χ0n) is 15.0. The van der Waals surface area contributed by atoms with E-state index < -0.39 is 10.0 Å². The van der Waals surface area contributed by atoms with Gasteiger partial charge in [-0.15, -0.1) is 0 Å². The molecule has 1 aromatic rings. The molecule has 2 aliphatic rings. The average Bonchev–Trinajstić information content (AvgIpc) is 2.94. The number of nitrogens with zero attached hydrogens (tertiary/aromatic N) is 3. The van der Waals surface area contributed by atoms with Gasteiger partial charge in [0.1, 0.15) is 10.6 Å². The number of hydrogen-bond acceptors (Lipinski definition) is 6. The van der Waals surface area contributed by atoms with Crippen molar-refractivity contribution >= 4 is 15.9 Å². The standard InChI is InChI=1S/C16H26N4O4S/c1-11-10-17-6-9-20(11)16(21)14-4-7-19(8-5-14)25(22,23)15-12(2)18-24-13(15)3/h11,14,17H,4-10H2,1-3H3. The molecule has 0 bridgehead atoms. The minimum Gasteiger partial charge on any atom is -0.360 e. The predicted molar refractivity (Wildman–Crippen MR) is 91.5 cm³/mol. The highest BCUT2D eigenvalue weighted by molar-refractivity contribution is 7.89. The molecule has 2 saturated heterocycles. The number of carbonyl (C=O) groups excluding carboxylic acids is 1. The number of piperidine rings is 1. The molecule has 0 spiro atoms. The molecular weight excluding hydrogens is 344 g/mol. The van der Waals surface area contributed by atoms with Crippen LogP contribution in [0.15, 0.2) is 9.42 Å². The smallest absolute Gasteiger partial charge is 0.248 e. The Morgan fingerprint density at radius 2 is 1.92 bits per heavy atom. The van der Waals surface area contributed by atoms with Crippen LogP contribution in [0.3, 0.4) is 0 Å². The van der Waals surface area contributed by atoms with Crippen molar-refractivity contribution in [3.8, 4) is 0 Å². The van der Waals surface area contributed by atoms with Gasteiger partial charge in [0.25, 0.3) is 0 Å². The summed E-state index contributed by atoms with van der Waals surface area (Å²) >= 11 is 0. The molecule has 25 heavy (non-hydrogen) atoms. The molecule has 1 unspecified atom stereocenters. The lowest BCUT2D eigenvalue weighted by Crippen LogP contribution is -2.55. The van der Waals surface area contributed by atoms with Crippen molar-refractivity contribution in [2.24, 2.45) is 5.92 Å². The van der Waals surface area contributed by atoms with E-state index in [-0.39, 0.29) is 22.8 Å². The third kappa shape index (κ3) is 3.45. The second kappa shape index (κ2) is 7.05. The molecule has 0 saturated carbocycles. The number of hydrogen-bond donors (Lipinski definition) is 1. The maximum atomic E-state index is 12.8. The van der Waals surface area contributed by atoms with E-state index in [1.165, 1.54) is 4.31 Å². The van der Waals surface area contributed by atoms with Crippen LogP contribution < -0.4 is 5.32 Å². The first-order valence-electron chi connectivity index (χ1n) is 8.76. The molecule has 2 fully saturated rings. The third-order valence-corrected chi connectivity index (χ3v) is 7.30. The Bertz CT molecular complexity index is 718. The summed E-state index contributed by atoms with van der Waals surface area (Å²) in [7, 11) is -3.62. The van der Waals surface area contributed by atoms with Gasteiger partial charge in [0.2, 0.25) is 15.9 Å². The summed E-state index contributed by atoms with van der Waals surface area (Å²) in [6.45, 7) is 8.33. The third-order valence-electron chi connectivity index (χ3n) is 5.15. The maximum Gasteiger partial charge on any atom is 0.248 e. The number of aryl methyl sites for hydroxylation is 2. The van der Waals surface area contributed by atoms with Crippen LogP contribution in [-0.4, -0.2) is 67.5 Å². The summed E-state index contributed by atoms with van der Waals surface area (Å²) in [5.74, 6) is 0.366. The molecule has 3 heterocycles. The summed E-state index contributed by atoms with van der Waals surface area (Å²) in [6, 6.07) is 0.185.